The topological polar surface area (TPSA) is 87.8 Å². The fourth-order valence-corrected chi connectivity index (χ4v) is 3.74. The summed E-state index contributed by atoms with van der Waals surface area (Å²) in [5, 5.41) is 4.88. The van der Waals surface area contributed by atoms with E-state index in [-0.39, 0.29) is 12.7 Å². The lowest BCUT2D eigenvalue weighted by molar-refractivity contribution is -0.202. The Morgan fingerprint density at radius 1 is 1.35 bits per heavy atom. The third kappa shape index (κ3) is 4.03. The first kappa shape index (κ1) is 16.7. The number of para-hydroxylation sites is 1. The van der Waals surface area contributed by atoms with Gasteiger partial charge >= 0.3 is 10.3 Å². The first-order valence-corrected chi connectivity index (χ1v) is 9.47. The predicted molar refractivity (Wildman–Crippen MR) is 85.3 cm³/mol. The van der Waals surface area contributed by atoms with E-state index >= 15 is 0 Å². The first-order valence-electron chi connectivity index (χ1n) is 7.99. The van der Waals surface area contributed by atoms with Crippen molar-refractivity contribution in [3.05, 3.63) is 29.3 Å². The number of ether oxygens (including phenoxy) is 2. The van der Waals surface area contributed by atoms with Crippen LogP contribution in [0.4, 0.5) is 0 Å². The highest BCUT2D eigenvalue weighted by Crippen LogP contribution is 2.42. The van der Waals surface area contributed by atoms with Gasteiger partial charge in [0.15, 0.2) is 0 Å². The minimum absolute atomic E-state index is 0.0146. The van der Waals surface area contributed by atoms with Crippen LogP contribution in [0.1, 0.15) is 43.2 Å². The van der Waals surface area contributed by atoms with Crippen molar-refractivity contribution in [1.29, 1.82) is 0 Å². The number of fused-ring (bicyclic) bond motifs is 1. The lowest BCUT2D eigenvalue weighted by atomic mass is 10.0. The van der Waals surface area contributed by atoms with Crippen LogP contribution < -0.4 is 9.88 Å². The van der Waals surface area contributed by atoms with Crippen LogP contribution in [0.15, 0.2) is 18.2 Å². The molecule has 0 radical (unpaired) electrons. The van der Waals surface area contributed by atoms with Gasteiger partial charge in [-0.2, -0.15) is 8.42 Å². The fourth-order valence-electron chi connectivity index (χ4n) is 3.41. The van der Waals surface area contributed by atoms with Gasteiger partial charge in [-0.3, -0.25) is 4.18 Å². The third-order valence-corrected chi connectivity index (χ3v) is 4.96. The Balaban J connectivity index is 1.81. The van der Waals surface area contributed by atoms with Crippen LogP contribution >= 0.6 is 0 Å². The summed E-state index contributed by atoms with van der Waals surface area (Å²) in [4.78, 5) is 0. The molecule has 1 fully saturated rings. The van der Waals surface area contributed by atoms with Crippen molar-refractivity contribution in [2.45, 2.75) is 57.3 Å². The molecule has 128 valence electrons. The number of aryl methyl sites for hydroxylation is 1. The molecule has 1 spiro atoms. The van der Waals surface area contributed by atoms with E-state index in [0.717, 1.165) is 42.6 Å². The van der Waals surface area contributed by atoms with Crippen molar-refractivity contribution in [2.24, 2.45) is 5.14 Å². The van der Waals surface area contributed by atoms with Crippen LogP contribution in [0, 0.1) is 6.92 Å². The molecule has 0 bridgehead atoms. The highest BCUT2D eigenvalue weighted by atomic mass is 32.2. The van der Waals surface area contributed by atoms with Gasteiger partial charge in [-0.15, -0.1) is 0 Å². The highest BCUT2D eigenvalue weighted by molar-refractivity contribution is 7.84. The Bertz CT molecular complexity index is 667. The molecule has 0 aromatic heterocycles. The molecule has 1 aromatic carbocycles. The quantitative estimate of drug-likeness (QED) is 0.907. The molecule has 2 N–H and O–H groups in total. The number of benzene rings is 1. The third-order valence-electron chi connectivity index (χ3n) is 4.46. The van der Waals surface area contributed by atoms with Crippen molar-refractivity contribution >= 4 is 10.3 Å². The second-order valence-corrected chi connectivity index (χ2v) is 7.55. The normalized spacial score (nSPS) is 23.3. The standard InChI is InChI=1S/C16H23NO5S/c1-12-5-4-6-13-11-14(7-10-20-23(17,18)19)21-16(22-15(12)13)8-2-3-9-16/h4-6,14H,2-3,7-11H2,1H3,(H2,17,18,19). The molecule has 1 heterocycles. The molecule has 0 saturated heterocycles. The minimum atomic E-state index is -3.92. The number of hydrogen-bond donors (Lipinski definition) is 1. The summed E-state index contributed by atoms with van der Waals surface area (Å²) in [5.41, 5.74) is 2.19. The highest BCUT2D eigenvalue weighted by Gasteiger charge is 2.42. The maximum atomic E-state index is 10.9. The van der Waals surface area contributed by atoms with Crippen LogP contribution in [-0.4, -0.2) is 26.9 Å². The van der Waals surface area contributed by atoms with Gasteiger partial charge in [-0.25, -0.2) is 5.14 Å². The second kappa shape index (κ2) is 6.39. The summed E-state index contributed by atoms with van der Waals surface area (Å²) in [6, 6.07) is 6.07. The molecule has 23 heavy (non-hydrogen) atoms. The van der Waals surface area contributed by atoms with Gasteiger partial charge in [-0.1, -0.05) is 18.2 Å². The largest absolute Gasteiger partial charge is 0.462 e. The van der Waals surface area contributed by atoms with Gasteiger partial charge in [0.2, 0.25) is 5.79 Å². The number of rotatable bonds is 4. The Morgan fingerprint density at radius 3 is 2.78 bits per heavy atom. The van der Waals surface area contributed by atoms with Crippen LogP contribution in [0.3, 0.4) is 0 Å². The first-order chi connectivity index (χ1) is 10.9. The number of nitrogens with two attached hydrogens (primary N) is 1. The van der Waals surface area contributed by atoms with Gasteiger partial charge in [0, 0.05) is 19.3 Å². The number of hydrogen-bond acceptors (Lipinski definition) is 5. The molecule has 2 aliphatic rings. The Labute approximate surface area is 137 Å². The molecule has 1 saturated carbocycles. The summed E-state index contributed by atoms with van der Waals surface area (Å²) >= 11 is 0. The van der Waals surface area contributed by atoms with Gasteiger partial charge in [0.25, 0.3) is 0 Å². The van der Waals surface area contributed by atoms with Gasteiger partial charge in [-0.05, 0) is 37.3 Å². The Hall–Kier alpha value is -1.15. The van der Waals surface area contributed by atoms with E-state index in [1.165, 1.54) is 0 Å². The average molecular weight is 341 g/mol. The lowest BCUT2D eigenvalue weighted by Gasteiger charge is -2.32. The van der Waals surface area contributed by atoms with Crippen molar-refractivity contribution in [1.82, 2.24) is 0 Å². The fraction of sp³-hybridized carbons (Fsp3) is 0.625. The van der Waals surface area contributed by atoms with Crippen LogP contribution in [-0.2, 0) is 25.6 Å². The predicted octanol–water partition coefficient (Wildman–Crippen LogP) is 2.20. The monoisotopic (exact) mass is 341 g/mol. The van der Waals surface area contributed by atoms with E-state index in [9.17, 15) is 8.42 Å². The zero-order valence-corrected chi connectivity index (χ0v) is 14.1. The molecule has 1 aliphatic carbocycles. The smallest absolute Gasteiger partial charge is 0.333 e. The maximum Gasteiger partial charge on any atom is 0.333 e. The summed E-state index contributed by atoms with van der Waals surface area (Å²) in [7, 11) is -3.92. The molecule has 6 nitrogen and oxygen atoms in total. The summed E-state index contributed by atoms with van der Waals surface area (Å²) in [6.45, 7) is 2.05. The molecule has 1 atom stereocenters. The molecule has 3 rings (SSSR count). The average Bonchev–Trinajstić information content (AvgIpc) is 2.82. The van der Waals surface area contributed by atoms with E-state index in [1.54, 1.807) is 0 Å². The van der Waals surface area contributed by atoms with Crippen molar-refractivity contribution in [3.8, 4) is 5.75 Å². The van der Waals surface area contributed by atoms with Crippen molar-refractivity contribution < 1.29 is 22.1 Å². The van der Waals surface area contributed by atoms with Gasteiger partial charge in [0.05, 0.1) is 12.7 Å². The molecule has 1 aliphatic heterocycles. The Kier molecular flexibility index (Phi) is 4.64. The molecule has 0 amide bonds. The molecule has 1 unspecified atom stereocenters. The second-order valence-electron chi connectivity index (χ2n) is 6.33. The van der Waals surface area contributed by atoms with E-state index in [2.05, 4.69) is 4.18 Å². The summed E-state index contributed by atoms with van der Waals surface area (Å²) < 4.78 is 39.1. The minimum Gasteiger partial charge on any atom is -0.462 e. The zero-order chi connectivity index (χ0) is 16.5. The molecular formula is C16H23NO5S. The van der Waals surface area contributed by atoms with Gasteiger partial charge < -0.3 is 9.47 Å². The summed E-state index contributed by atoms with van der Waals surface area (Å²) in [5.74, 6) is 0.313. The zero-order valence-electron chi connectivity index (χ0n) is 13.3. The summed E-state index contributed by atoms with van der Waals surface area (Å²) in [6.07, 6.45) is 4.82. The lowest BCUT2D eigenvalue weighted by Crippen LogP contribution is -2.39. The van der Waals surface area contributed by atoms with E-state index in [0.29, 0.717) is 12.8 Å². The van der Waals surface area contributed by atoms with Crippen molar-refractivity contribution in [2.75, 3.05) is 6.61 Å². The van der Waals surface area contributed by atoms with E-state index in [4.69, 9.17) is 14.6 Å². The molecule has 1 aromatic rings. The SMILES string of the molecule is Cc1cccc2c1OC1(CCCC1)OC(CCOS(N)(=O)=O)C2. The molecule has 7 heteroatoms. The van der Waals surface area contributed by atoms with E-state index in [1.807, 2.05) is 25.1 Å². The molecular weight excluding hydrogens is 318 g/mol. The van der Waals surface area contributed by atoms with Crippen molar-refractivity contribution in [3.63, 3.8) is 0 Å². The van der Waals surface area contributed by atoms with Crippen LogP contribution in [0.2, 0.25) is 0 Å². The Morgan fingerprint density at radius 2 is 2.09 bits per heavy atom. The van der Waals surface area contributed by atoms with Crippen LogP contribution in [0.25, 0.3) is 0 Å². The van der Waals surface area contributed by atoms with Gasteiger partial charge in [0.1, 0.15) is 5.75 Å². The van der Waals surface area contributed by atoms with E-state index < -0.39 is 16.1 Å². The van der Waals surface area contributed by atoms with Crippen LogP contribution in [0.5, 0.6) is 5.75 Å². The maximum absolute atomic E-state index is 10.9.